The fourth-order valence-corrected chi connectivity index (χ4v) is 3.26. The molecule has 0 aromatic rings. The van der Waals surface area contributed by atoms with E-state index in [-0.39, 0.29) is 0 Å². The predicted molar refractivity (Wildman–Crippen MR) is 81.3 cm³/mol. The zero-order chi connectivity index (χ0) is 13.3. The number of allylic oxidation sites excluding steroid dienone is 2. The lowest BCUT2D eigenvalue weighted by Crippen LogP contribution is -2.32. The highest BCUT2D eigenvalue weighted by molar-refractivity contribution is 4.93. The van der Waals surface area contributed by atoms with Crippen molar-refractivity contribution in [3.8, 4) is 0 Å². The molecule has 0 spiro atoms. The van der Waals surface area contributed by atoms with Crippen molar-refractivity contribution in [2.45, 2.75) is 64.3 Å². The van der Waals surface area contributed by atoms with Gasteiger partial charge in [-0.15, -0.1) is 0 Å². The minimum atomic E-state index is 0.747. The first-order valence-corrected chi connectivity index (χ1v) is 8.32. The number of nitrogens with one attached hydrogen (secondary N) is 1. The quantitative estimate of drug-likeness (QED) is 0.556. The van der Waals surface area contributed by atoms with Crippen LogP contribution in [0.25, 0.3) is 0 Å². The molecule has 19 heavy (non-hydrogen) atoms. The summed E-state index contributed by atoms with van der Waals surface area (Å²) in [6.45, 7) is 5.36. The molecule has 0 radical (unpaired) electrons. The third-order valence-corrected chi connectivity index (χ3v) is 4.75. The zero-order valence-electron chi connectivity index (χ0n) is 12.6. The van der Waals surface area contributed by atoms with Crippen molar-refractivity contribution in [2.75, 3.05) is 19.8 Å². The van der Waals surface area contributed by atoms with Gasteiger partial charge in [0.1, 0.15) is 0 Å². The summed E-state index contributed by atoms with van der Waals surface area (Å²) in [6, 6.07) is 0.789. The lowest BCUT2D eigenvalue weighted by molar-refractivity contribution is 0.0771. The highest BCUT2D eigenvalue weighted by Crippen LogP contribution is 2.25. The van der Waals surface area contributed by atoms with Crippen LogP contribution in [-0.4, -0.2) is 25.8 Å². The molecule has 1 saturated carbocycles. The van der Waals surface area contributed by atoms with Crippen LogP contribution in [-0.2, 0) is 4.74 Å². The zero-order valence-corrected chi connectivity index (χ0v) is 12.6. The van der Waals surface area contributed by atoms with Crippen molar-refractivity contribution < 1.29 is 4.74 Å². The molecule has 0 aliphatic heterocycles. The van der Waals surface area contributed by atoms with Gasteiger partial charge in [-0.05, 0) is 50.5 Å². The first-order chi connectivity index (χ1) is 9.36. The highest BCUT2D eigenvalue weighted by Gasteiger charge is 2.18. The summed E-state index contributed by atoms with van der Waals surface area (Å²) in [6.07, 6.45) is 15.3. The summed E-state index contributed by atoms with van der Waals surface area (Å²) in [5.74, 6) is 1.54. The van der Waals surface area contributed by atoms with Gasteiger partial charge in [0.05, 0.1) is 0 Å². The van der Waals surface area contributed by atoms with Gasteiger partial charge in [-0.2, -0.15) is 0 Å². The van der Waals surface area contributed by atoms with E-state index in [2.05, 4.69) is 24.4 Å². The Bertz CT molecular complexity index is 258. The second kappa shape index (κ2) is 8.76. The molecular formula is C17H31NO. The van der Waals surface area contributed by atoms with Crippen LogP contribution in [0.1, 0.15) is 58.3 Å². The molecule has 2 heteroatoms. The minimum absolute atomic E-state index is 0.747. The van der Waals surface area contributed by atoms with Gasteiger partial charge < -0.3 is 10.1 Å². The van der Waals surface area contributed by atoms with Crippen LogP contribution < -0.4 is 5.32 Å². The molecule has 0 aromatic carbocycles. The van der Waals surface area contributed by atoms with Crippen LogP contribution in [0.2, 0.25) is 0 Å². The first-order valence-electron chi connectivity index (χ1n) is 8.32. The molecule has 2 aliphatic rings. The Kier molecular flexibility index (Phi) is 6.94. The van der Waals surface area contributed by atoms with Crippen molar-refractivity contribution in [3.63, 3.8) is 0 Å². The predicted octanol–water partition coefficient (Wildman–Crippen LogP) is 3.92. The lowest BCUT2D eigenvalue weighted by Gasteiger charge is -2.25. The average molecular weight is 265 g/mol. The molecule has 0 aromatic heterocycles. The molecule has 0 saturated heterocycles. The molecule has 110 valence electrons. The molecule has 2 atom stereocenters. The summed E-state index contributed by atoms with van der Waals surface area (Å²) >= 11 is 0. The molecular weight excluding hydrogens is 234 g/mol. The van der Waals surface area contributed by atoms with Crippen LogP contribution in [0, 0.1) is 11.8 Å². The minimum Gasteiger partial charge on any atom is -0.381 e. The molecule has 0 amide bonds. The van der Waals surface area contributed by atoms with Crippen molar-refractivity contribution in [3.05, 3.63) is 12.2 Å². The van der Waals surface area contributed by atoms with Gasteiger partial charge in [0, 0.05) is 19.3 Å². The molecule has 0 heterocycles. The van der Waals surface area contributed by atoms with Gasteiger partial charge in [-0.1, -0.05) is 38.3 Å². The first kappa shape index (κ1) is 15.1. The number of ether oxygens (including phenoxy) is 1. The van der Waals surface area contributed by atoms with Crippen molar-refractivity contribution in [1.29, 1.82) is 0 Å². The van der Waals surface area contributed by atoms with Gasteiger partial charge in [0.15, 0.2) is 0 Å². The maximum Gasteiger partial charge on any atom is 0.0499 e. The van der Waals surface area contributed by atoms with E-state index < -0.39 is 0 Å². The Balaban J connectivity index is 1.44. The largest absolute Gasteiger partial charge is 0.381 e. The smallest absolute Gasteiger partial charge is 0.0499 e. The van der Waals surface area contributed by atoms with Crippen molar-refractivity contribution in [2.24, 2.45) is 11.8 Å². The van der Waals surface area contributed by atoms with Gasteiger partial charge >= 0.3 is 0 Å². The maximum atomic E-state index is 5.86. The van der Waals surface area contributed by atoms with Crippen LogP contribution in [0.5, 0.6) is 0 Å². The van der Waals surface area contributed by atoms with Gasteiger partial charge in [0.25, 0.3) is 0 Å². The van der Waals surface area contributed by atoms with Crippen LogP contribution >= 0.6 is 0 Å². The normalized spacial score (nSPS) is 28.7. The molecule has 2 rings (SSSR count). The Hall–Kier alpha value is -0.340. The van der Waals surface area contributed by atoms with Crippen LogP contribution in [0.15, 0.2) is 12.2 Å². The van der Waals surface area contributed by atoms with E-state index in [4.69, 9.17) is 4.74 Å². The second-order valence-electron chi connectivity index (χ2n) is 6.40. The van der Waals surface area contributed by atoms with E-state index in [1.807, 2.05) is 0 Å². The van der Waals surface area contributed by atoms with Gasteiger partial charge in [0.2, 0.25) is 0 Å². The molecule has 2 nitrogen and oxygen atoms in total. The Morgan fingerprint density at radius 3 is 2.68 bits per heavy atom. The van der Waals surface area contributed by atoms with Gasteiger partial charge in [-0.25, -0.2) is 0 Å². The van der Waals surface area contributed by atoms with E-state index in [0.717, 1.165) is 44.1 Å². The summed E-state index contributed by atoms with van der Waals surface area (Å²) < 4.78 is 5.86. The third kappa shape index (κ3) is 5.66. The Morgan fingerprint density at radius 1 is 1.11 bits per heavy atom. The summed E-state index contributed by atoms with van der Waals surface area (Å²) in [5.41, 5.74) is 0. The van der Waals surface area contributed by atoms with Crippen LogP contribution in [0.3, 0.4) is 0 Å². The topological polar surface area (TPSA) is 21.3 Å². The fraction of sp³-hybridized carbons (Fsp3) is 0.882. The summed E-state index contributed by atoms with van der Waals surface area (Å²) in [7, 11) is 0. The summed E-state index contributed by atoms with van der Waals surface area (Å²) in [4.78, 5) is 0. The molecule has 2 unspecified atom stereocenters. The fourth-order valence-electron chi connectivity index (χ4n) is 3.26. The molecule has 1 fully saturated rings. The van der Waals surface area contributed by atoms with Crippen LogP contribution in [0.4, 0.5) is 0 Å². The molecule has 1 N–H and O–H groups in total. The number of hydrogen-bond acceptors (Lipinski definition) is 2. The average Bonchev–Trinajstić information content (AvgIpc) is 2.45. The SMILES string of the molecule is CC1CC=CCC1COCCCNC1CCCCC1. The van der Waals surface area contributed by atoms with E-state index in [9.17, 15) is 0 Å². The Labute approximate surface area is 119 Å². The van der Waals surface area contributed by atoms with Crippen molar-refractivity contribution in [1.82, 2.24) is 5.32 Å². The molecule has 2 aliphatic carbocycles. The third-order valence-electron chi connectivity index (χ3n) is 4.75. The van der Waals surface area contributed by atoms with E-state index in [0.29, 0.717) is 0 Å². The van der Waals surface area contributed by atoms with E-state index in [1.54, 1.807) is 0 Å². The molecule has 0 bridgehead atoms. The van der Waals surface area contributed by atoms with Gasteiger partial charge in [-0.3, -0.25) is 0 Å². The number of rotatable bonds is 7. The maximum absolute atomic E-state index is 5.86. The lowest BCUT2D eigenvalue weighted by atomic mass is 9.85. The van der Waals surface area contributed by atoms with Crippen molar-refractivity contribution >= 4 is 0 Å². The Morgan fingerprint density at radius 2 is 1.89 bits per heavy atom. The van der Waals surface area contributed by atoms with E-state index >= 15 is 0 Å². The monoisotopic (exact) mass is 265 g/mol. The summed E-state index contributed by atoms with van der Waals surface area (Å²) in [5, 5.41) is 3.68. The standard InChI is InChI=1S/C17H31NO/c1-15-8-5-6-9-16(15)14-19-13-7-12-18-17-10-3-2-4-11-17/h5-6,15-18H,2-4,7-14H2,1H3. The highest BCUT2D eigenvalue weighted by atomic mass is 16.5. The number of hydrogen-bond donors (Lipinski definition) is 1. The second-order valence-corrected chi connectivity index (χ2v) is 6.40. The van der Waals surface area contributed by atoms with E-state index in [1.165, 1.54) is 44.9 Å².